The Morgan fingerprint density at radius 3 is 2.44 bits per heavy atom. The van der Waals surface area contributed by atoms with Gasteiger partial charge in [-0.1, -0.05) is 6.07 Å². The van der Waals surface area contributed by atoms with Crippen LogP contribution in [-0.4, -0.2) is 36.4 Å². The monoisotopic (exact) mass is 545 g/mol. The molecule has 0 N–H and O–H groups in total. The van der Waals surface area contributed by atoms with Crippen molar-refractivity contribution < 1.29 is 31.1 Å². The topological polar surface area (TPSA) is 56.0 Å². The second kappa shape index (κ2) is 8.99. The zero-order valence-electron chi connectivity index (χ0n) is 20.5. The van der Waals surface area contributed by atoms with Crippen molar-refractivity contribution in [1.82, 2.24) is 24.5 Å². The van der Waals surface area contributed by atoms with Gasteiger partial charge in [0.2, 0.25) is 0 Å². The van der Waals surface area contributed by atoms with Gasteiger partial charge in [0.15, 0.2) is 23.1 Å². The third kappa shape index (κ3) is 4.18. The number of alkyl halides is 3. The van der Waals surface area contributed by atoms with Gasteiger partial charge in [0.05, 0.1) is 23.1 Å². The molecule has 2 aliphatic heterocycles. The van der Waals surface area contributed by atoms with Crippen LogP contribution in [0.3, 0.4) is 0 Å². The molecule has 6 nitrogen and oxygen atoms in total. The number of aryl methyl sites for hydroxylation is 1. The van der Waals surface area contributed by atoms with Crippen LogP contribution < -0.4 is 0 Å². The molecule has 2 atom stereocenters. The van der Waals surface area contributed by atoms with Crippen LogP contribution >= 0.6 is 0 Å². The van der Waals surface area contributed by atoms with Gasteiger partial charge in [-0.2, -0.15) is 23.4 Å². The lowest BCUT2D eigenvalue weighted by Gasteiger charge is -2.45. The molecule has 6 rings (SSSR count). The number of piperidine rings is 1. The fourth-order valence-electron chi connectivity index (χ4n) is 5.75. The summed E-state index contributed by atoms with van der Waals surface area (Å²) in [5, 5.41) is 8.20. The quantitative estimate of drug-likeness (QED) is 0.234. The summed E-state index contributed by atoms with van der Waals surface area (Å²) in [5.41, 5.74) is 1.55. The van der Waals surface area contributed by atoms with Crippen molar-refractivity contribution in [3.05, 3.63) is 88.6 Å². The van der Waals surface area contributed by atoms with E-state index in [1.807, 2.05) is 0 Å². The van der Waals surface area contributed by atoms with Crippen LogP contribution in [0.25, 0.3) is 16.9 Å². The molecule has 1 fully saturated rings. The van der Waals surface area contributed by atoms with E-state index in [4.69, 9.17) is 0 Å². The standard InChI is InChI=1S/C27H21F6N5O/c1-36-25(15-11-19(28)23(30)20(29)12-15)18-13-17-6-3-7-21(24(18)35-36)38(17)26(39)14-4-2-5-16(10-14)37-9-8-22(34-37)27(31,32)33/h2,4-5,8-12,17,21H,3,6-7,13H2,1H3. The molecule has 2 aliphatic rings. The number of carbonyl (C=O) groups is 1. The predicted molar refractivity (Wildman–Crippen MR) is 127 cm³/mol. The molecular weight excluding hydrogens is 524 g/mol. The molecule has 39 heavy (non-hydrogen) atoms. The average molecular weight is 545 g/mol. The van der Waals surface area contributed by atoms with Crippen LogP contribution in [0.5, 0.6) is 0 Å². The minimum atomic E-state index is -4.59. The van der Waals surface area contributed by atoms with Gasteiger partial charge in [-0.15, -0.1) is 0 Å². The molecule has 1 amide bonds. The molecule has 2 unspecified atom stereocenters. The Kier molecular flexibility index (Phi) is 5.81. The van der Waals surface area contributed by atoms with Crippen molar-refractivity contribution in [2.75, 3.05) is 0 Å². The normalized spacial score (nSPS) is 18.8. The molecular formula is C27H21F6N5O. The molecule has 202 valence electrons. The first kappa shape index (κ1) is 25.2. The van der Waals surface area contributed by atoms with E-state index in [2.05, 4.69) is 10.2 Å². The Bertz CT molecular complexity index is 1580. The van der Waals surface area contributed by atoms with Crippen molar-refractivity contribution in [2.45, 2.75) is 43.9 Å². The first-order valence-electron chi connectivity index (χ1n) is 12.3. The smallest absolute Gasteiger partial charge is 0.327 e. The number of fused-ring (bicyclic) bond motifs is 4. The van der Waals surface area contributed by atoms with Crippen LogP contribution in [-0.2, 0) is 19.6 Å². The first-order chi connectivity index (χ1) is 18.5. The molecule has 0 spiro atoms. The van der Waals surface area contributed by atoms with Crippen molar-refractivity contribution >= 4 is 5.91 Å². The zero-order chi connectivity index (χ0) is 27.6. The van der Waals surface area contributed by atoms with Gasteiger partial charge in [0, 0.05) is 36.0 Å². The van der Waals surface area contributed by atoms with Gasteiger partial charge in [-0.05, 0) is 62.1 Å². The lowest BCUT2D eigenvalue weighted by Crippen LogP contribution is -2.49. The highest BCUT2D eigenvalue weighted by Gasteiger charge is 2.43. The van der Waals surface area contributed by atoms with Crippen molar-refractivity contribution in [3.63, 3.8) is 0 Å². The van der Waals surface area contributed by atoms with Gasteiger partial charge in [0.25, 0.3) is 5.91 Å². The molecule has 2 aromatic carbocycles. The van der Waals surface area contributed by atoms with Crippen molar-refractivity contribution in [1.29, 1.82) is 0 Å². The van der Waals surface area contributed by atoms with E-state index in [1.54, 1.807) is 30.1 Å². The number of amides is 1. The van der Waals surface area contributed by atoms with Gasteiger partial charge < -0.3 is 4.90 Å². The Hall–Kier alpha value is -4.09. The second-order valence-electron chi connectivity index (χ2n) is 9.80. The van der Waals surface area contributed by atoms with Crippen LogP contribution in [0.4, 0.5) is 26.3 Å². The maximum Gasteiger partial charge on any atom is 0.435 e. The Morgan fingerprint density at radius 1 is 1.00 bits per heavy atom. The van der Waals surface area contributed by atoms with E-state index in [0.717, 1.165) is 34.9 Å². The predicted octanol–water partition coefficient (Wildman–Crippen LogP) is 6.00. The second-order valence-corrected chi connectivity index (χ2v) is 9.80. The van der Waals surface area contributed by atoms with E-state index in [-0.39, 0.29) is 23.1 Å². The highest BCUT2D eigenvalue weighted by Crippen LogP contribution is 2.45. The molecule has 0 aliphatic carbocycles. The third-order valence-corrected chi connectivity index (χ3v) is 7.40. The highest BCUT2D eigenvalue weighted by atomic mass is 19.4. The number of hydrogen-bond donors (Lipinski definition) is 0. The first-order valence-corrected chi connectivity index (χ1v) is 12.3. The Morgan fingerprint density at radius 2 is 1.74 bits per heavy atom. The molecule has 0 saturated carbocycles. The molecule has 1 saturated heterocycles. The van der Waals surface area contributed by atoms with Crippen molar-refractivity contribution in [3.8, 4) is 16.9 Å². The van der Waals surface area contributed by atoms with E-state index in [1.165, 1.54) is 16.9 Å². The third-order valence-electron chi connectivity index (χ3n) is 7.40. The van der Waals surface area contributed by atoms with Crippen LogP contribution in [0, 0.1) is 17.5 Å². The van der Waals surface area contributed by atoms with Crippen LogP contribution in [0.2, 0.25) is 0 Å². The highest BCUT2D eigenvalue weighted by molar-refractivity contribution is 5.95. The number of nitrogens with zero attached hydrogens (tertiary/aromatic N) is 5. The summed E-state index contributed by atoms with van der Waals surface area (Å²) >= 11 is 0. The van der Waals surface area contributed by atoms with E-state index in [0.29, 0.717) is 36.3 Å². The summed E-state index contributed by atoms with van der Waals surface area (Å²) in [6.07, 6.45) is -0.867. The van der Waals surface area contributed by atoms with E-state index < -0.39 is 35.4 Å². The fraction of sp³-hybridized carbons (Fsp3) is 0.296. The Balaban J connectivity index is 1.36. The Labute approximate surface area is 218 Å². The molecule has 2 aromatic heterocycles. The number of carbonyl (C=O) groups excluding carboxylic acids is 1. The SMILES string of the molecule is Cn1nc2c(c1-c1cc(F)c(F)c(F)c1)CC1CCCC2N1C(=O)c1cccc(-n2ccc(C(F)(F)F)n2)c1. The fourth-order valence-corrected chi connectivity index (χ4v) is 5.75. The van der Waals surface area contributed by atoms with Crippen LogP contribution in [0.15, 0.2) is 48.7 Å². The lowest BCUT2D eigenvalue weighted by atomic mass is 9.81. The number of hydrogen-bond acceptors (Lipinski definition) is 3. The van der Waals surface area contributed by atoms with Gasteiger partial charge in [-0.25, -0.2) is 17.9 Å². The summed E-state index contributed by atoms with van der Waals surface area (Å²) in [5.74, 6) is -4.44. The van der Waals surface area contributed by atoms with E-state index in [9.17, 15) is 31.1 Å². The summed E-state index contributed by atoms with van der Waals surface area (Å²) in [4.78, 5) is 15.5. The molecule has 4 aromatic rings. The van der Waals surface area contributed by atoms with Crippen molar-refractivity contribution in [2.24, 2.45) is 7.05 Å². The summed E-state index contributed by atoms with van der Waals surface area (Å²) in [6.45, 7) is 0. The number of halogens is 6. The molecule has 4 heterocycles. The maximum absolute atomic E-state index is 14.0. The summed E-state index contributed by atoms with van der Waals surface area (Å²) in [7, 11) is 1.63. The van der Waals surface area contributed by atoms with Gasteiger partial charge >= 0.3 is 6.18 Å². The largest absolute Gasteiger partial charge is 0.435 e. The molecule has 12 heteroatoms. The van der Waals surface area contributed by atoms with Gasteiger partial charge in [-0.3, -0.25) is 9.48 Å². The summed E-state index contributed by atoms with van der Waals surface area (Å²) in [6, 6.07) is 8.34. The number of benzene rings is 2. The van der Waals surface area contributed by atoms with E-state index >= 15 is 0 Å². The molecule has 0 radical (unpaired) electrons. The number of rotatable bonds is 3. The van der Waals surface area contributed by atoms with Gasteiger partial charge in [0.1, 0.15) is 0 Å². The zero-order valence-corrected chi connectivity index (χ0v) is 20.5. The maximum atomic E-state index is 14.0. The minimum Gasteiger partial charge on any atom is -0.327 e. The van der Waals surface area contributed by atoms with Crippen LogP contribution in [0.1, 0.15) is 52.6 Å². The number of aromatic nitrogens is 4. The molecule has 2 bridgehead atoms. The summed E-state index contributed by atoms with van der Waals surface area (Å²) < 4.78 is 83.3. The lowest BCUT2D eigenvalue weighted by molar-refractivity contribution is -0.141. The minimum absolute atomic E-state index is 0.158. The average Bonchev–Trinajstić information content (AvgIpc) is 3.52.